The van der Waals surface area contributed by atoms with Gasteiger partial charge in [-0.2, -0.15) is 0 Å². The summed E-state index contributed by atoms with van der Waals surface area (Å²) in [6.45, 7) is 2.95. The largest absolute Gasteiger partial charge is 0.429 e. The molecule has 0 amide bonds. The highest BCUT2D eigenvalue weighted by molar-refractivity contribution is 8.00. The van der Waals surface area contributed by atoms with Crippen LogP contribution in [0.4, 0.5) is 0 Å². The van der Waals surface area contributed by atoms with Crippen LogP contribution < -0.4 is 9.47 Å². The average molecular weight is 614 g/mol. The molecule has 4 heterocycles. The monoisotopic (exact) mass is 613 g/mol. The van der Waals surface area contributed by atoms with E-state index < -0.39 is 0 Å². The maximum absolute atomic E-state index is 11.1. The van der Waals surface area contributed by atoms with Crippen molar-refractivity contribution in [2.45, 2.75) is 68.9 Å². The zero-order valence-corrected chi connectivity index (χ0v) is 26.1. The Kier molecular flexibility index (Phi) is 12.8. The number of rotatable bonds is 16. The van der Waals surface area contributed by atoms with Crippen LogP contribution in [0.5, 0.6) is 11.5 Å². The van der Waals surface area contributed by atoms with E-state index in [-0.39, 0.29) is 5.75 Å². The highest BCUT2D eigenvalue weighted by Gasteiger charge is 2.12. The zero-order valence-electron chi connectivity index (χ0n) is 24.5. The minimum Gasteiger partial charge on any atom is -0.429 e. The van der Waals surface area contributed by atoms with E-state index in [1.54, 1.807) is 53.6 Å². The van der Waals surface area contributed by atoms with E-state index in [2.05, 4.69) is 41.1 Å². The fraction of sp³-hybridized carbons (Fsp3) is 0.324. The van der Waals surface area contributed by atoms with Gasteiger partial charge in [-0.3, -0.25) is 19.6 Å². The van der Waals surface area contributed by atoms with Crippen LogP contribution >= 0.6 is 23.1 Å². The SMILES string of the molecule is CCCCCCCCCCc1cc(SC)sc1C#Cc1ccnc(-c2cc(OC=O)cc(-c3cc(OC=O)ccn3)n2)c1. The molecule has 0 aliphatic carbocycles. The van der Waals surface area contributed by atoms with Gasteiger partial charge in [0, 0.05) is 36.2 Å². The van der Waals surface area contributed by atoms with Gasteiger partial charge in [0.2, 0.25) is 0 Å². The number of hydrogen-bond acceptors (Lipinski definition) is 9. The lowest BCUT2D eigenvalue weighted by Gasteiger charge is -2.08. The molecule has 0 saturated heterocycles. The number of unbranched alkanes of at least 4 members (excludes halogenated alkanes) is 7. The predicted octanol–water partition coefficient (Wildman–Crippen LogP) is 8.14. The molecule has 0 saturated carbocycles. The van der Waals surface area contributed by atoms with Crippen LogP contribution in [-0.4, -0.2) is 34.2 Å². The highest BCUT2D eigenvalue weighted by atomic mass is 32.2. The molecule has 222 valence electrons. The Hall–Kier alpha value is -4.00. The van der Waals surface area contributed by atoms with Gasteiger partial charge in [0.05, 0.1) is 31.9 Å². The Morgan fingerprint density at radius 3 is 2.09 bits per heavy atom. The van der Waals surface area contributed by atoms with Crippen molar-refractivity contribution in [1.82, 2.24) is 15.0 Å². The summed E-state index contributed by atoms with van der Waals surface area (Å²) in [7, 11) is 0. The van der Waals surface area contributed by atoms with Gasteiger partial charge in [-0.05, 0) is 48.9 Å². The first-order chi connectivity index (χ1) is 21.1. The molecule has 4 aromatic heterocycles. The molecule has 0 radical (unpaired) electrons. The first-order valence-electron chi connectivity index (χ1n) is 14.5. The molecule has 4 aromatic rings. The van der Waals surface area contributed by atoms with E-state index in [1.165, 1.54) is 67.3 Å². The van der Waals surface area contributed by atoms with E-state index in [4.69, 9.17) is 14.5 Å². The van der Waals surface area contributed by atoms with Crippen molar-refractivity contribution < 1.29 is 19.1 Å². The quantitative estimate of drug-likeness (QED) is 0.0541. The lowest BCUT2D eigenvalue weighted by molar-refractivity contribution is -0.121. The molecular weight excluding hydrogens is 579 g/mol. The third-order valence-corrected chi connectivity index (χ3v) is 8.95. The van der Waals surface area contributed by atoms with Gasteiger partial charge in [-0.25, -0.2) is 4.98 Å². The normalized spacial score (nSPS) is 10.6. The van der Waals surface area contributed by atoms with Gasteiger partial charge in [0.25, 0.3) is 12.9 Å². The van der Waals surface area contributed by atoms with E-state index in [1.807, 2.05) is 12.1 Å². The van der Waals surface area contributed by atoms with Crippen molar-refractivity contribution in [1.29, 1.82) is 0 Å². The third-order valence-electron chi connectivity index (χ3n) is 6.79. The first kappa shape index (κ1) is 31.9. The van der Waals surface area contributed by atoms with Crippen molar-refractivity contribution in [3.8, 4) is 46.1 Å². The van der Waals surface area contributed by atoms with Crippen LogP contribution in [0.3, 0.4) is 0 Å². The van der Waals surface area contributed by atoms with Gasteiger partial charge >= 0.3 is 0 Å². The number of nitrogens with zero attached hydrogens (tertiary/aromatic N) is 3. The highest BCUT2D eigenvalue weighted by Crippen LogP contribution is 2.31. The minimum atomic E-state index is 0.283. The number of carbonyl (C=O) groups is 2. The Balaban J connectivity index is 1.53. The number of carbonyl (C=O) groups excluding carboxylic acids is 2. The fourth-order valence-electron chi connectivity index (χ4n) is 4.59. The number of aromatic nitrogens is 3. The smallest absolute Gasteiger partial charge is 0.298 e. The lowest BCUT2D eigenvalue weighted by atomic mass is 10.0. The number of thioether (sulfide) groups is 1. The summed E-state index contributed by atoms with van der Waals surface area (Å²) in [5.74, 6) is 7.33. The van der Waals surface area contributed by atoms with Gasteiger partial charge in [-0.1, -0.05) is 63.7 Å². The molecule has 0 bridgehead atoms. The molecule has 0 aliphatic rings. The van der Waals surface area contributed by atoms with Gasteiger partial charge in [0.15, 0.2) is 0 Å². The zero-order chi connectivity index (χ0) is 30.3. The summed E-state index contributed by atoms with van der Waals surface area (Å²) in [6, 6.07) is 12.4. The average Bonchev–Trinajstić information content (AvgIpc) is 3.44. The molecule has 0 aliphatic heterocycles. The first-order valence-corrected chi connectivity index (χ1v) is 16.5. The molecule has 7 nitrogen and oxygen atoms in total. The summed E-state index contributed by atoms with van der Waals surface area (Å²) in [4.78, 5) is 36.5. The van der Waals surface area contributed by atoms with Crippen molar-refractivity contribution in [3.63, 3.8) is 0 Å². The molecule has 0 atom stereocenters. The number of hydrogen-bond donors (Lipinski definition) is 0. The van der Waals surface area contributed by atoms with Crippen LogP contribution in [0.2, 0.25) is 0 Å². The molecule has 43 heavy (non-hydrogen) atoms. The van der Waals surface area contributed by atoms with Gasteiger partial charge < -0.3 is 9.47 Å². The molecule has 0 unspecified atom stereocenters. The van der Waals surface area contributed by atoms with Crippen LogP contribution in [0.25, 0.3) is 22.8 Å². The van der Waals surface area contributed by atoms with Crippen LogP contribution in [0.15, 0.2) is 59.1 Å². The summed E-state index contributed by atoms with van der Waals surface area (Å²) >= 11 is 3.50. The van der Waals surface area contributed by atoms with Gasteiger partial charge in [0.1, 0.15) is 11.5 Å². The third kappa shape index (κ3) is 9.77. The van der Waals surface area contributed by atoms with E-state index >= 15 is 0 Å². The molecule has 0 fully saturated rings. The summed E-state index contributed by atoms with van der Waals surface area (Å²) in [6.07, 6.45) is 16.7. The molecule has 4 rings (SSSR count). The van der Waals surface area contributed by atoms with Crippen molar-refractivity contribution >= 4 is 36.0 Å². The maximum Gasteiger partial charge on any atom is 0.298 e. The standard InChI is InChI=1S/C34H35N3O4S2/c1-3-4-5-6-7-8-9-10-11-26-19-34(42-2)43-33(26)13-12-25-14-16-35-29(18-25)31-21-28(41-24-39)22-32(37-31)30-20-27(40-23-38)15-17-36-30/h14-24H,3-11H2,1-2H3. The minimum absolute atomic E-state index is 0.283. The Labute approximate surface area is 261 Å². The van der Waals surface area contributed by atoms with Crippen LogP contribution in [-0.2, 0) is 16.0 Å². The second-order valence-corrected chi connectivity index (χ2v) is 12.1. The van der Waals surface area contributed by atoms with Crippen molar-refractivity contribution in [2.75, 3.05) is 6.26 Å². The molecule has 0 aromatic carbocycles. The fourth-order valence-corrected chi connectivity index (χ4v) is 6.23. The summed E-state index contributed by atoms with van der Waals surface area (Å²) in [5.41, 5.74) is 4.04. The van der Waals surface area contributed by atoms with Crippen LogP contribution in [0, 0.1) is 11.8 Å². The Morgan fingerprint density at radius 1 is 0.767 bits per heavy atom. The molecule has 0 N–H and O–H groups in total. The van der Waals surface area contributed by atoms with E-state index in [0.717, 1.165) is 16.9 Å². The maximum atomic E-state index is 11.1. The molecule has 0 spiro atoms. The van der Waals surface area contributed by atoms with E-state index in [0.29, 0.717) is 41.5 Å². The number of aryl methyl sites for hydroxylation is 1. The molecule has 9 heteroatoms. The Bertz CT molecular complexity index is 1580. The summed E-state index contributed by atoms with van der Waals surface area (Å²) < 4.78 is 11.4. The molecular formula is C34H35N3O4S2. The van der Waals surface area contributed by atoms with Gasteiger partial charge in [-0.15, -0.1) is 23.1 Å². The number of thiophene rings is 1. The van der Waals surface area contributed by atoms with Crippen molar-refractivity contribution in [3.05, 3.63) is 70.9 Å². The van der Waals surface area contributed by atoms with Crippen LogP contribution in [0.1, 0.15) is 74.3 Å². The lowest BCUT2D eigenvalue weighted by Crippen LogP contribution is -1.97. The second kappa shape index (κ2) is 17.2. The van der Waals surface area contributed by atoms with Crippen molar-refractivity contribution in [2.24, 2.45) is 0 Å². The number of pyridine rings is 3. The Morgan fingerprint density at radius 2 is 1.40 bits per heavy atom. The van der Waals surface area contributed by atoms with E-state index in [9.17, 15) is 9.59 Å². The topological polar surface area (TPSA) is 91.3 Å². The number of ether oxygens (including phenoxy) is 2. The predicted molar refractivity (Wildman–Crippen MR) is 172 cm³/mol. The summed E-state index contributed by atoms with van der Waals surface area (Å²) in [5, 5.41) is 0. The second-order valence-electron chi connectivity index (χ2n) is 9.91.